The molecule has 2 N–H and O–H groups in total. The van der Waals surface area contributed by atoms with Crippen LogP contribution in [0.4, 0.5) is 0 Å². The summed E-state index contributed by atoms with van der Waals surface area (Å²) in [6, 6.07) is 0. The maximum absolute atomic E-state index is 12.3. The van der Waals surface area contributed by atoms with E-state index in [0.717, 1.165) is 44.9 Å². The molecule has 0 rings (SSSR count). The molecule has 0 aromatic rings. The highest BCUT2D eigenvalue weighted by Gasteiger charge is 2.36. The van der Waals surface area contributed by atoms with Crippen molar-refractivity contribution in [3.05, 3.63) is 12.2 Å². The second-order valence-corrected chi connectivity index (χ2v) is 11.0. The molecule has 0 radical (unpaired) electrons. The summed E-state index contributed by atoms with van der Waals surface area (Å²) >= 11 is 12.8. The summed E-state index contributed by atoms with van der Waals surface area (Å²) in [6.45, 7) is 2.42. The molecular formula is C25H46Cl2NO4+. The van der Waals surface area contributed by atoms with E-state index < -0.39 is 18.0 Å². The smallest absolute Gasteiger partial charge is 0.316 e. The molecule has 0 aromatic heterocycles. The summed E-state index contributed by atoms with van der Waals surface area (Å²) in [4.78, 5) is 23.8. The molecule has 0 unspecified atom stereocenters. The summed E-state index contributed by atoms with van der Waals surface area (Å²) in [6.07, 6.45) is 14.3. The number of hydrogen-bond acceptors (Lipinski definition) is 3. The van der Waals surface area contributed by atoms with Gasteiger partial charge < -0.3 is 14.7 Å². The van der Waals surface area contributed by atoms with Gasteiger partial charge in [-0.15, -0.1) is 23.2 Å². The van der Waals surface area contributed by atoms with Gasteiger partial charge in [0.05, 0.1) is 31.9 Å². The molecule has 5 nitrogen and oxygen atoms in total. The Morgan fingerprint density at radius 1 is 0.906 bits per heavy atom. The van der Waals surface area contributed by atoms with E-state index in [9.17, 15) is 19.8 Å². The van der Waals surface area contributed by atoms with E-state index in [1.165, 1.54) is 19.3 Å². The number of carbonyl (C=O) groups excluding carboxylic acids is 1. The highest BCUT2D eigenvalue weighted by atomic mass is 35.5. The Bertz CT molecular complexity index is 549. The number of likely N-dealkylation sites (N-methyl/N-ethyl adjacent to an activating group) is 1. The van der Waals surface area contributed by atoms with Gasteiger partial charge in [-0.3, -0.25) is 9.59 Å². The van der Waals surface area contributed by atoms with Gasteiger partial charge in [-0.2, -0.15) is 0 Å². The van der Waals surface area contributed by atoms with Crippen molar-refractivity contribution >= 4 is 35.0 Å². The van der Waals surface area contributed by atoms with Crippen LogP contribution in [0.25, 0.3) is 0 Å². The molecular weight excluding hydrogens is 449 g/mol. The monoisotopic (exact) mass is 494 g/mol. The average molecular weight is 496 g/mol. The lowest BCUT2D eigenvalue weighted by Crippen LogP contribution is -2.47. The number of hydrogen-bond donors (Lipinski definition) is 2. The van der Waals surface area contributed by atoms with Gasteiger partial charge >= 0.3 is 5.97 Å². The lowest BCUT2D eigenvalue weighted by molar-refractivity contribution is -0.873. The van der Waals surface area contributed by atoms with E-state index in [4.69, 9.17) is 23.2 Å². The average Bonchev–Trinajstić information content (AvgIpc) is 2.67. The molecule has 4 atom stereocenters. The predicted molar refractivity (Wildman–Crippen MR) is 135 cm³/mol. The number of Topliss-reactive ketones (excluding diaryl/α,β-unsaturated/α-hetero) is 1. The van der Waals surface area contributed by atoms with Crippen molar-refractivity contribution in [2.75, 3.05) is 27.7 Å². The molecule has 0 amide bonds. The Balaban J connectivity index is 4.01. The van der Waals surface area contributed by atoms with Crippen LogP contribution in [0, 0.1) is 5.92 Å². The zero-order valence-electron chi connectivity index (χ0n) is 20.6. The fourth-order valence-corrected chi connectivity index (χ4v) is 4.18. The number of carboxylic acid groups (broad SMARTS) is 1. The van der Waals surface area contributed by atoms with E-state index in [2.05, 4.69) is 19.1 Å². The van der Waals surface area contributed by atoms with Crippen molar-refractivity contribution in [2.24, 2.45) is 5.92 Å². The first kappa shape index (κ1) is 31.4. The number of nitrogens with zero attached hydrogens (tertiary/aromatic N) is 1. The first-order valence-corrected chi connectivity index (χ1v) is 13.0. The number of aliphatic carboxylic acids is 1. The molecule has 32 heavy (non-hydrogen) atoms. The number of allylic oxidation sites excluding steroid dienone is 2. The predicted octanol–water partition coefficient (Wildman–Crippen LogP) is 5.80. The molecule has 188 valence electrons. The van der Waals surface area contributed by atoms with E-state index in [1.807, 2.05) is 21.1 Å². The number of aliphatic hydroxyl groups is 1. The van der Waals surface area contributed by atoms with Gasteiger partial charge in [0.15, 0.2) is 0 Å². The van der Waals surface area contributed by atoms with Gasteiger partial charge in [-0.1, -0.05) is 57.6 Å². The van der Waals surface area contributed by atoms with Gasteiger partial charge in [-0.25, -0.2) is 0 Å². The third-order valence-corrected chi connectivity index (χ3v) is 6.66. The first-order valence-electron chi connectivity index (χ1n) is 12.2. The summed E-state index contributed by atoms with van der Waals surface area (Å²) in [5.74, 6) is -2.96. The van der Waals surface area contributed by atoms with Crippen molar-refractivity contribution in [3.8, 4) is 0 Å². The van der Waals surface area contributed by atoms with E-state index in [-0.39, 0.29) is 29.5 Å². The fourth-order valence-electron chi connectivity index (χ4n) is 3.69. The van der Waals surface area contributed by atoms with E-state index in [0.29, 0.717) is 10.9 Å². The number of rotatable bonds is 20. The largest absolute Gasteiger partial charge is 0.481 e. The minimum Gasteiger partial charge on any atom is -0.481 e. The summed E-state index contributed by atoms with van der Waals surface area (Å²) in [5, 5.41) is 19.5. The van der Waals surface area contributed by atoms with Gasteiger partial charge in [0.2, 0.25) is 0 Å². The van der Waals surface area contributed by atoms with E-state index in [1.54, 1.807) is 0 Å². The van der Waals surface area contributed by atoms with Crippen LogP contribution >= 0.6 is 23.2 Å². The minimum atomic E-state index is -1.34. The van der Waals surface area contributed by atoms with Crippen LogP contribution in [0.15, 0.2) is 12.2 Å². The van der Waals surface area contributed by atoms with Gasteiger partial charge in [-0.05, 0) is 32.1 Å². The van der Waals surface area contributed by atoms with Crippen LogP contribution < -0.4 is 0 Å². The lowest BCUT2D eigenvalue weighted by Gasteiger charge is -2.28. The number of unbranched alkanes of at least 4 members (excludes halogenated alkanes) is 7. The number of carbonyl (C=O) groups is 2. The van der Waals surface area contributed by atoms with Crippen LogP contribution in [-0.4, -0.2) is 71.0 Å². The zero-order valence-corrected chi connectivity index (χ0v) is 22.1. The molecule has 0 aliphatic rings. The highest BCUT2D eigenvalue weighted by molar-refractivity contribution is 6.30. The molecule has 0 aliphatic carbocycles. The summed E-state index contributed by atoms with van der Waals surface area (Å²) in [7, 11) is 5.57. The molecule has 0 heterocycles. The molecule has 0 saturated heterocycles. The molecule has 0 fully saturated rings. The number of quaternary nitrogens is 1. The lowest BCUT2D eigenvalue weighted by atomic mass is 9.93. The number of halogens is 2. The van der Waals surface area contributed by atoms with E-state index >= 15 is 0 Å². The van der Waals surface area contributed by atoms with Crippen LogP contribution in [-0.2, 0) is 9.59 Å². The molecule has 0 aromatic carbocycles. The van der Waals surface area contributed by atoms with Crippen molar-refractivity contribution in [1.82, 2.24) is 0 Å². The SMILES string of the molecule is CCCCC/C=C\C[C@H](Cl)[C@H](Cl)CCCCCCCC(=O)[C@H](C(=O)O)[C@H](O)C[N+](C)(C)C. The molecule has 0 aliphatic heterocycles. The van der Waals surface area contributed by atoms with Crippen LogP contribution in [0.2, 0.25) is 0 Å². The Kier molecular flexibility index (Phi) is 17.5. The zero-order chi connectivity index (χ0) is 24.6. The van der Waals surface area contributed by atoms with Crippen molar-refractivity contribution in [1.29, 1.82) is 0 Å². The van der Waals surface area contributed by atoms with Crippen molar-refractivity contribution in [3.63, 3.8) is 0 Å². The third kappa shape index (κ3) is 16.1. The number of alkyl halides is 2. The van der Waals surface area contributed by atoms with Crippen LogP contribution in [0.3, 0.4) is 0 Å². The van der Waals surface area contributed by atoms with Gasteiger partial charge in [0.25, 0.3) is 0 Å². The normalized spacial score (nSPS) is 16.1. The Morgan fingerprint density at radius 3 is 2.12 bits per heavy atom. The van der Waals surface area contributed by atoms with Gasteiger partial charge in [0.1, 0.15) is 24.3 Å². The fraction of sp³-hybridized carbons (Fsp3) is 0.840. The van der Waals surface area contributed by atoms with Crippen LogP contribution in [0.5, 0.6) is 0 Å². The minimum absolute atomic E-state index is 0.0439. The maximum Gasteiger partial charge on any atom is 0.316 e. The van der Waals surface area contributed by atoms with Crippen molar-refractivity contribution in [2.45, 2.75) is 101 Å². The quantitative estimate of drug-likeness (QED) is 0.0737. The standard InChI is InChI=1S/C25H45Cl2NO4/c1-5-6-7-8-10-13-16-20(26)21(27)17-14-11-9-12-15-18-22(29)24(25(31)32)23(30)19-28(2,3)4/h10,13,20-21,23-24,30H,5-9,11-12,14-19H2,1-4H3/p+1/b13-10-/t20-,21+,23+,24-/m0/s1. The maximum atomic E-state index is 12.3. The van der Waals surface area contributed by atoms with Gasteiger partial charge in [0, 0.05) is 6.42 Å². The first-order chi connectivity index (χ1) is 15.0. The van der Waals surface area contributed by atoms with Crippen LogP contribution in [0.1, 0.15) is 84.0 Å². The second kappa shape index (κ2) is 17.8. The molecule has 7 heteroatoms. The Hall–Kier alpha value is -0.620. The molecule has 0 bridgehead atoms. The summed E-state index contributed by atoms with van der Waals surface area (Å²) < 4.78 is 0.401. The topological polar surface area (TPSA) is 74.6 Å². The highest BCUT2D eigenvalue weighted by Crippen LogP contribution is 2.21. The molecule has 0 saturated carbocycles. The second-order valence-electron chi connectivity index (χ2n) is 9.86. The Labute approximate surface area is 205 Å². The number of carboxylic acids is 1. The summed E-state index contributed by atoms with van der Waals surface area (Å²) in [5.41, 5.74) is 0. The molecule has 0 spiro atoms. The van der Waals surface area contributed by atoms with Crippen molar-refractivity contribution < 1.29 is 24.3 Å². The number of ketones is 1. The number of aliphatic hydroxyl groups excluding tert-OH is 1. The Morgan fingerprint density at radius 2 is 1.53 bits per heavy atom. The third-order valence-electron chi connectivity index (χ3n) is 5.53.